The molecule has 106 valence electrons. The Morgan fingerprint density at radius 2 is 2.50 bits per heavy atom. The average Bonchev–Trinajstić information content (AvgIpc) is 3.08. The maximum atomic E-state index is 12.2. The van der Waals surface area contributed by atoms with Gasteiger partial charge in [-0.1, -0.05) is 6.07 Å². The summed E-state index contributed by atoms with van der Waals surface area (Å²) in [7, 11) is 0. The Balaban J connectivity index is 1.64. The van der Waals surface area contributed by atoms with Gasteiger partial charge in [-0.15, -0.1) is 11.3 Å². The zero-order valence-electron chi connectivity index (χ0n) is 11.1. The van der Waals surface area contributed by atoms with E-state index in [9.17, 15) is 4.79 Å². The average molecular weight is 291 g/mol. The van der Waals surface area contributed by atoms with Crippen molar-refractivity contribution in [3.8, 4) is 10.8 Å². The predicted octanol–water partition coefficient (Wildman–Crippen LogP) is 1.90. The second kappa shape index (κ2) is 5.76. The van der Waals surface area contributed by atoms with E-state index in [1.54, 1.807) is 17.6 Å². The third-order valence-electron chi connectivity index (χ3n) is 3.43. The van der Waals surface area contributed by atoms with E-state index in [-0.39, 0.29) is 18.4 Å². The summed E-state index contributed by atoms with van der Waals surface area (Å²) in [5, 5.41) is 1.97. The smallest absolute Gasteiger partial charge is 0.236 e. The molecule has 5 nitrogen and oxygen atoms in total. The monoisotopic (exact) mass is 291 g/mol. The molecule has 1 fully saturated rings. The van der Waals surface area contributed by atoms with Crippen LogP contribution >= 0.6 is 11.3 Å². The maximum Gasteiger partial charge on any atom is 0.236 e. The summed E-state index contributed by atoms with van der Waals surface area (Å²) >= 11 is 1.57. The van der Waals surface area contributed by atoms with Crippen molar-refractivity contribution in [3.63, 3.8) is 0 Å². The zero-order valence-corrected chi connectivity index (χ0v) is 11.9. The number of carbonyl (C=O) groups is 1. The van der Waals surface area contributed by atoms with Gasteiger partial charge in [0.25, 0.3) is 0 Å². The Morgan fingerprint density at radius 1 is 1.60 bits per heavy atom. The first-order valence-electron chi connectivity index (χ1n) is 6.74. The second-order valence-electron chi connectivity index (χ2n) is 5.04. The van der Waals surface area contributed by atoms with Crippen LogP contribution in [-0.2, 0) is 11.2 Å². The van der Waals surface area contributed by atoms with E-state index in [2.05, 4.69) is 4.98 Å². The van der Waals surface area contributed by atoms with E-state index < -0.39 is 0 Å². The summed E-state index contributed by atoms with van der Waals surface area (Å²) in [6, 6.07) is 4.00. The molecule has 20 heavy (non-hydrogen) atoms. The molecule has 1 unspecified atom stereocenters. The molecule has 1 aliphatic rings. The lowest BCUT2D eigenvalue weighted by atomic mass is 10.1. The van der Waals surface area contributed by atoms with Gasteiger partial charge in [0.15, 0.2) is 0 Å². The molecule has 1 saturated heterocycles. The fourth-order valence-corrected chi connectivity index (χ4v) is 3.06. The van der Waals surface area contributed by atoms with Crippen molar-refractivity contribution < 1.29 is 9.21 Å². The molecule has 1 amide bonds. The summed E-state index contributed by atoms with van der Waals surface area (Å²) in [4.78, 5) is 19.4. The molecule has 1 aliphatic heterocycles. The summed E-state index contributed by atoms with van der Waals surface area (Å²) < 4.78 is 5.42. The molecule has 0 saturated carbocycles. The quantitative estimate of drug-likeness (QED) is 0.937. The standard InChI is InChI=1S/C14H17N3O2S/c15-10-3-1-5-17(8-10)13(18)7-11-9-19-14(16-11)12-4-2-6-20-12/h2,4,6,9-10H,1,3,5,7-8,15H2. The lowest BCUT2D eigenvalue weighted by Crippen LogP contribution is -2.46. The number of nitrogens with zero attached hydrogens (tertiary/aromatic N) is 2. The van der Waals surface area contributed by atoms with E-state index in [1.807, 2.05) is 22.4 Å². The van der Waals surface area contributed by atoms with Gasteiger partial charge >= 0.3 is 0 Å². The number of hydrogen-bond acceptors (Lipinski definition) is 5. The Hall–Kier alpha value is -1.66. The number of likely N-dealkylation sites (tertiary alicyclic amines) is 1. The molecule has 3 heterocycles. The van der Waals surface area contributed by atoms with Crippen LogP contribution < -0.4 is 5.73 Å². The first-order chi connectivity index (χ1) is 9.72. The molecule has 0 aromatic carbocycles. The van der Waals surface area contributed by atoms with Gasteiger partial charge in [0.05, 0.1) is 17.0 Å². The SMILES string of the molecule is NC1CCCN(C(=O)Cc2coc(-c3cccs3)n2)C1. The van der Waals surface area contributed by atoms with Crippen LogP contribution in [0, 0.1) is 0 Å². The largest absolute Gasteiger partial charge is 0.444 e. The minimum atomic E-state index is 0.0752. The number of oxazole rings is 1. The molecule has 0 radical (unpaired) electrons. The summed E-state index contributed by atoms with van der Waals surface area (Å²) in [5.74, 6) is 0.657. The highest BCUT2D eigenvalue weighted by Gasteiger charge is 2.22. The van der Waals surface area contributed by atoms with E-state index in [0.29, 0.717) is 18.1 Å². The van der Waals surface area contributed by atoms with Crippen LogP contribution in [0.3, 0.4) is 0 Å². The molecular formula is C14H17N3O2S. The fraction of sp³-hybridized carbons (Fsp3) is 0.429. The van der Waals surface area contributed by atoms with Crippen molar-refractivity contribution in [1.29, 1.82) is 0 Å². The third-order valence-corrected chi connectivity index (χ3v) is 4.28. The fourth-order valence-electron chi connectivity index (χ4n) is 2.40. The Bertz CT molecular complexity index is 579. The molecule has 3 rings (SSSR count). The van der Waals surface area contributed by atoms with Gasteiger partial charge in [-0.2, -0.15) is 0 Å². The van der Waals surface area contributed by atoms with Crippen LogP contribution in [0.15, 0.2) is 28.2 Å². The molecule has 0 aliphatic carbocycles. The Morgan fingerprint density at radius 3 is 3.25 bits per heavy atom. The summed E-state index contributed by atoms with van der Waals surface area (Å²) in [6.45, 7) is 1.44. The number of aromatic nitrogens is 1. The lowest BCUT2D eigenvalue weighted by Gasteiger charge is -2.30. The van der Waals surface area contributed by atoms with Gasteiger partial charge in [0.1, 0.15) is 6.26 Å². The van der Waals surface area contributed by atoms with Crippen molar-refractivity contribution in [1.82, 2.24) is 9.88 Å². The Labute approximate surface area is 121 Å². The number of carbonyl (C=O) groups excluding carboxylic acids is 1. The van der Waals surface area contributed by atoms with Gasteiger partial charge in [-0.05, 0) is 24.3 Å². The highest BCUT2D eigenvalue weighted by molar-refractivity contribution is 7.13. The summed E-state index contributed by atoms with van der Waals surface area (Å²) in [6.07, 6.45) is 3.82. The van der Waals surface area contributed by atoms with Crippen LogP contribution in [0.5, 0.6) is 0 Å². The van der Waals surface area contributed by atoms with Gasteiger partial charge < -0.3 is 15.1 Å². The minimum absolute atomic E-state index is 0.0752. The summed E-state index contributed by atoms with van der Waals surface area (Å²) in [5.41, 5.74) is 6.58. The minimum Gasteiger partial charge on any atom is -0.444 e. The molecular weight excluding hydrogens is 274 g/mol. The number of rotatable bonds is 3. The van der Waals surface area contributed by atoms with Gasteiger partial charge in [-0.3, -0.25) is 4.79 Å². The van der Waals surface area contributed by atoms with E-state index in [0.717, 1.165) is 24.3 Å². The zero-order chi connectivity index (χ0) is 13.9. The number of hydrogen-bond donors (Lipinski definition) is 1. The van der Waals surface area contributed by atoms with Crippen LogP contribution in [-0.4, -0.2) is 34.9 Å². The van der Waals surface area contributed by atoms with Crippen LogP contribution in [0.2, 0.25) is 0 Å². The molecule has 2 N–H and O–H groups in total. The third kappa shape index (κ3) is 2.91. The van der Waals surface area contributed by atoms with Crippen LogP contribution in [0.4, 0.5) is 0 Å². The number of nitrogens with two attached hydrogens (primary N) is 1. The molecule has 6 heteroatoms. The molecule has 2 aromatic heterocycles. The molecule has 2 aromatic rings. The van der Waals surface area contributed by atoms with E-state index >= 15 is 0 Å². The van der Waals surface area contributed by atoms with Crippen LogP contribution in [0.1, 0.15) is 18.5 Å². The van der Waals surface area contributed by atoms with E-state index in [4.69, 9.17) is 10.2 Å². The number of piperidine rings is 1. The first kappa shape index (κ1) is 13.3. The highest BCUT2D eigenvalue weighted by Crippen LogP contribution is 2.24. The van der Waals surface area contributed by atoms with Crippen LogP contribution in [0.25, 0.3) is 10.8 Å². The molecule has 0 spiro atoms. The molecule has 0 bridgehead atoms. The lowest BCUT2D eigenvalue weighted by molar-refractivity contribution is -0.131. The predicted molar refractivity (Wildman–Crippen MR) is 77.3 cm³/mol. The van der Waals surface area contributed by atoms with Gasteiger partial charge in [0, 0.05) is 19.1 Å². The Kier molecular flexibility index (Phi) is 3.84. The van der Waals surface area contributed by atoms with Crippen molar-refractivity contribution >= 4 is 17.2 Å². The normalized spacial score (nSPS) is 19.2. The highest BCUT2D eigenvalue weighted by atomic mass is 32.1. The second-order valence-corrected chi connectivity index (χ2v) is 5.99. The molecule has 1 atom stereocenters. The topological polar surface area (TPSA) is 72.4 Å². The van der Waals surface area contributed by atoms with Crippen molar-refractivity contribution in [2.24, 2.45) is 5.73 Å². The van der Waals surface area contributed by atoms with E-state index in [1.165, 1.54) is 0 Å². The maximum absolute atomic E-state index is 12.2. The van der Waals surface area contributed by atoms with Gasteiger partial charge in [-0.25, -0.2) is 4.98 Å². The van der Waals surface area contributed by atoms with Crippen molar-refractivity contribution in [3.05, 3.63) is 29.5 Å². The van der Waals surface area contributed by atoms with Crippen molar-refractivity contribution in [2.45, 2.75) is 25.3 Å². The number of thiophene rings is 1. The van der Waals surface area contributed by atoms with Crippen molar-refractivity contribution in [2.75, 3.05) is 13.1 Å². The number of amides is 1. The first-order valence-corrected chi connectivity index (χ1v) is 7.62. The van der Waals surface area contributed by atoms with Gasteiger partial charge in [0.2, 0.25) is 11.8 Å².